The average Bonchev–Trinajstić information content (AvgIpc) is 3.72. The van der Waals surface area contributed by atoms with E-state index in [1.54, 1.807) is 41.7 Å². The second-order valence-corrected chi connectivity index (χ2v) is 13.7. The lowest BCUT2D eigenvalue weighted by molar-refractivity contribution is -0.121. The van der Waals surface area contributed by atoms with Crippen molar-refractivity contribution in [2.75, 3.05) is 13.2 Å². The van der Waals surface area contributed by atoms with Crippen LogP contribution in [0.25, 0.3) is 11.1 Å². The molecule has 0 saturated heterocycles. The summed E-state index contributed by atoms with van der Waals surface area (Å²) in [6.07, 6.45) is 3.76. The van der Waals surface area contributed by atoms with Crippen LogP contribution in [0.2, 0.25) is 10.0 Å². The number of ether oxygens (including phenoxy) is 1. The third-order valence-electron chi connectivity index (χ3n) is 9.66. The summed E-state index contributed by atoms with van der Waals surface area (Å²) in [6, 6.07) is 30.9. The van der Waals surface area contributed by atoms with Crippen molar-refractivity contribution < 1.29 is 14.3 Å². The van der Waals surface area contributed by atoms with Gasteiger partial charge < -0.3 is 19.5 Å². The Morgan fingerprint density at radius 3 is 2.33 bits per heavy atom. The topological polar surface area (TPSA) is 100 Å². The van der Waals surface area contributed by atoms with E-state index >= 15 is 0 Å². The van der Waals surface area contributed by atoms with Gasteiger partial charge in [0.15, 0.2) is 0 Å². The summed E-state index contributed by atoms with van der Waals surface area (Å²) in [5.41, 5.74) is 7.55. The first-order valence-corrected chi connectivity index (χ1v) is 17.8. The number of imidazole rings is 1. The van der Waals surface area contributed by atoms with E-state index in [2.05, 4.69) is 54.5 Å². The van der Waals surface area contributed by atoms with Gasteiger partial charge in [0.25, 0.3) is 0 Å². The van der Waals surface area contributed by atoms with Crippen molar-refractivity contribution in [2.45, 2.75) is 51.7 Å². The van der Waals surface area contributed by atoms with E-state index in [1.807, 2.05) is 47.0 Å². The van der Waals surface area contributed by atoms with Crippen molar-refractivity contribution in [1.29, 1.82) is 5.26 Å². The van der Waals surface area contributed by atoms with Crippen LogP contribution in [-0.4, -0.2) is 45.6 Å². The molecule has 1 heterocycles. The van der Waals surface area contributed by atoms with Crippen molar-refractivity contribution in [3.05, 3.63) is 147 Å². The number of carbonyl (C=O) groups is 2. The SMILES string of the molecule is CC[C@H](C)[C@@H](CN(Cc1cccc(Cl)c1Cl)C(=O)OCC1c2ccccc2-c2ccccc21)NC(=O)Cc1cncn1Cc1ccc(C#N)cc1. The molecule has 10 heteroatoms. The number of amides is 2. The van der Waals surface area contributed by atoms with E-state index in [4.69, 9.17) is 33.2 Å². The molecule has 0 bridgehead atoms. The molecule has 0 radical (unpaired) electrons. The van der Waals surface area contributed by atoms with Crippen LogP contribution in [0.3, 0.4) is 0 Å². The summed E-state index contributed by atoms with van der Waals surface area (Å²) in [5, 5.41) is 13.1. The van der Waals surface area contributed by atoms with E-state index in [0.717, 1.165) is 39.9 Å². The molecule has 2 amide bonds. The molecule has 5 aromatic rings. The van der Waals surface area contributed by atoms with Gasteiger partial charge in [-0.1, -0.05) is 116 Å². The predicted molar refractivity (Wildman–Crippen MR) is 200 cm³/mol. The van der Waals surface area contributed by atoms with Gasteiger partial charge in [0.1, 0.15) is 6.61 Å². The van der Waals surface area contributed by atoms with Crippen molar-refractivity contribution in [3.63, 3.8) is 0 Å². The van der Waals surface area contributed by atoms with Crippen LogP contribution in [0, 0.1) is 17.2 Å². The van der Waals surface area contributed by atoms with Crippen LogP contribution in [0.5, 0.6) is 0 Å². The highest BCUT2D eigenvalue weighted by Gasteiger charge is 2.31. The fraction of sp³-hybridized carbons (Fsp3) is 0.268. The van der Waals surface area contributed by atoms with E-state index in [1.165, 1.54) is 0 Å². The number of hydrogen-bond acceptors (Lipinski definition) is 5. The van der Waals surface area contributed by atoms with E-state index in [9.17, 15) is 9.59 Å². The highest BCUT2D eigenvalue weighted by atomic mass is 35.5. The Bertz CT molecular complexity index is 2010. The summed E-state index contributed by atoms with van der Waals surface area (Å²) in [5.74, 6) is -0.247. The van der Waals surface area contributed by atoms with E-state index < -0.39 is 6.09 Å². The fourth-order valence-corrected chi connectivity index (χ4v) is 6.98. The molecule has 0 unspecified atom stereocenters. The number of rotatable bonds is 13. The van der Waals surface area contributed by atoms with Crippen molar-refractivity contribution in [1.82, 2.24) is 19.8 Å². The van der Waals surface area contributed by atoms with Gasteiger partial charge in [-0.3, -0.25) is 4.79 Å². The molecular weight excluding hydrogens is 681 g/mol. The molecule has 1 N–H and O–H groups in total. The highest BCUT2D eigenvalue weighted by molar-refractivity contribution is 6.42. The predicted octanol–water partition coefficient (Wildman–Crippen LogP) is 8.63. The standard InChI is InChI=1S/C41H39Cl2N5O3/c1-3-27(2)38(46-39(49)19-31-21-45-26-48(31)22-29-17-15-28(20-44)16-18-29)24-47(23-30-9-8-14-37(42)40(30)43)41(50)51-25-36-34-12-6-4-10-32(34)33-11-5-7-13-35(33)36/h4-18,21,26-27,36,38H,3,19,22-25H2,1-2H3,(H,46,49)/t27-,38+/m0/s1. The number of nitriles is 1. The van der Waals surface area contributed by atoms with Crippen LogP contribution in [0.1, 0.15) is 59.7 Å². The number of hydrogen-bond donors (Lipinski definition) is 1. The minimum absolute atomic E-state index is 0.0382. The minimum Gasteiger partial charge on any atom is -0.448 e. The molecule has 0 saturated carbocycles. The lowest BCUT2D eigenvalue weighted by Crippen LogP contribution is -2.49. The minimum atomic E-state index is -0.504. The van der Waals surface area contributed by atoms with Crippen LogP contribution < -0.4 is 5.32 Å². The van der Waals surface area contributed by atoms with Crippen LogP contribution in [-0.2, 0) is 29.0 Å². The Hall–Kier alpha value is -5.10. The van der Waals surface area contributed by atoms with Gasteiger partial charge in [-0.25, -0.2) is 9.78 Å². The number of carbonyl (C=O) groups excluding carboxylic acids is 2. The maximum absolute atomic E-state index is 14.1. The average molecular weight is 721 g/mol. The molecule has 0 fully saturated rings. The highest BCUT2D eigenvalue weighted by Crippen LogP contribution is 2.44. The lowest BCUT2D eigenvalue weighted by atomic mass is 9.98. The number of fused-ring (bicyclic) bond motifs is 3. The Balaban J connectivity index is 1.19. The Morgan fingerprint density at radius 1 is 0.980 bits per heavy atom. The zero-order chi connectivity index (χ0) is 35.9. The number of nitrogens with one attached hydrogen (secondary N) is 1. The maximum atomic E-state index is 14.1. The Kier molecular flexibility index (Phi) is 11.4. The molecule has 8 nitrogen and oxygen atoms in total. The van der Waals surface area contributed by atoms with Gasteiger partial charge in [-0.05, 0) is 57.5 Å². The van der Waals surface area contributed by atoms with Gasteiger partial charge in [0.2, 0.25) is 5.91 Å². The fourth-order valence-electron chi connectivity index (χ4n) is 6.60. The third kappa shape index (κ3) is 8.28. The summed E-state index contributed by atoms with van der Waals surface area (Å²) < 4.78 is 8.02. The first-order valence-electron chi connectivity index (χ1n) is 17.1. The van der Waals surface area contributed by atoms with Gasteiger partial charge in [0, 0.05) is 36.9 Å². The zero-order valence-electron chi connectivity index (χ0n) is 28.6. The number of halogens is 2. The number of aromatic nitrogens is 2. The second-order valence-electron chi connectivity index (χ2n) is 13.0. The normalized spacial score (nSPS) is 13.1. The maximum Gasteiger partial charge on any atom is 0.410 e. The zero-order valence-corrected chi connectivity index (χ0v) is 30.1. The van der Waals surface area contributed by atoms with E-state index in [-0.39, 0.29) is 49.9 Å². The van der Waals surface area contributed by atoms with Crippen molar-refractivity contribution >= 4 is 35.2 Å². The molecule has 6 rings (SSSR count). The van der Waals surface area contributed by atoms with Crippen LogP contribution in [0.4, 0.5) is 4.79 Å². The molecule has 1 aliphatic carbocycles. The summed E-state index contributed by atoms with van der Waals surface area (Å²) >= 11 is 13.0. The second kappa shape index (κ2) is 16.3. The molecule has 1 aromatic heterocycles. The molecule has 2 atom stereocenters. The first-order chi connectivity index (χ1) is 24.7. The quantitative estimate of drug-likeness (QED) is 0.131. The molecular formula is C41H39Cl2N5O3. The Morgan fingerprint density at radius 2 is 1.67 bits per heavy atom. The van der Waals surface area contributed by atoms with Crippen LogP contribution >= 0.6 is 23.2 Å². The van der Waals surface area contributed by atoms with Gasteiger partial charge in [-0.2, -0.15) is 5.26 Å². The van der Waals surface area contributed by atoms with Crippen molar-refractivity contribution in [2.24, 2.45) is 5.92 Å². The van der Waals surface area contributed by atoms with E-state index in [0.29, 0.717) is 27.7 Å². The molecule has 51 heavy (non-hydrogen) atoms. The summed E-state index contributed by atoms with van der Waals surface area (Å²) in [4.78, 5) is 33.6. The first kappa shape index (κ1) is 35.7. The monoisotopic (exact) mass is 719 g/mol. The van der Waals surface area contributed by atoms with Crippen LogP contribution in [0.15, 0.2) is 104 Å². The molecule has 0 spiro atoms. The third-order valence-corrected chi connectivity index (χ3v) is 10.5. The molecule has 1 aliphatic rings. The molecule has 260 valence electrons. The summed E-state index contributed by atoms with van der Waals surface area (Å²) in [6.45, 7) is 5.14. The molecule has 4 aromatic carbocycles. The lowest BCUT2D eigenvalue weighted by Gasteiger charge is -2.31. The Labute approximate surface area is 308 Å². The summed E-state index contributed by atoms with van der Waals surface area (Å²) in [7, 11) is 0. The molecule has 0 aliphatic heterocycles. The largest absolute Gasteiger partial charge is 0.448 e. The number of nitrogens with zero attached hydrogens (tertiary/aromatic N) is 4. The van der Waals surface area contributed by atoms with Gasteiger partial charge in [0.05, 0.1) is 41.0 Å². The smallest absolute Gasteiger partial charge is 0.410 e. The van der Waals surface area contributed by atoms with Gasteiger partial charge in [-0.15, -0.1) is 0 Å². The van der Waals surface area contributed by atoms with Crippen molar-refractivity contribution in [3.8, 4) is 17.2 Å². The number of benzene rings is 4. The van der Waals surface area contributed by atoms with Gasteiger partial charge >= 0.3 is 6.09 Å².